The number of aromatic nitrogens is 4. The molecule has 16 nitrogen and oxygen atoms in total. The number of carbonyl (C=O) groups excluding carboxylic acids is 4. The Kier molecular flexibility index (Phi) is 12.8. The van der Waals surface area contributed by atoms with E-state index in [1.54, 1.807) is 0 Å². The summed E-state index contributed by atoms with van der Waals surface area (Å²) in [6.07, 6.45) is 9.47. The molecule has 0 saturated carbocycles. The van der Waals surface area contributed by atoms with Crippen LogP contribution >= 0.6 is 0 Å². The van der Waals surface area contributed by atoms with Gasteiger partial charge >= 0.3 is 12.2 Å². The first-order valence-electron chi connectivity index (χ1n) is 23.0. The van der Waals surface area contributed by atoms with E-state index in [9.17, 15) is 19.2 Å². The minimum Gasteiger partial charge on any atom is -0.453 e. The van der Waals surface area contributed by atoms with Gasteiger partial charge in [-0.05, 0) is 128 Å². The van der Waals surface area contributed by atoms with Crippen LogP contribution in [0.25, 0.3) is 33.6 Å². The molecule has 4 aromatic rings. The normalized spacial score (nSPS) is 23.5. The molecule has 4 saturated heterocycles. The maximum absolute atomic E-state index is 14.4. The largest absolute Gasteiger partial charge is 0.453 e. The Balaban J connectivity index is 0.903. The van der Waals surface area contributed by atoms with E-state index in [0.29, 0.717) is 58.7 Å². The van der Waals surface area contributed by atoms with Crippen LogP contribution < -0.4 is 10.6 Å². The van der Waals surface area contributed by atoms with Crippen molar-refractivity contribution in [3.05, 3.63) is 71.6 Å². The van der Waals surface area contributed by atoms with Crippen LogP contribution in [0.15, 0.2) is 48.8 Å². The van der Waals surface area contributed by atoms with Crippen LogP contribution in [-0.2, 0) is 41.4 Å². The molecule has 340 valence electrons. The highest BCUT2D eigenvalue weighted by atomic mass is 16.5. The van der Waals surface area contributed by atoms with Gasteiger partial charge in [-0.1, -0.05) is 31.2 Å². The molecule has 0 radical (unpaired) electrons. The van der Waals surface area contributed by atoms with Gasteiger partial charge in [-0.15, -0.1) is 0 Å². The van der Waals surface area contributed by atoms with Gasteiger partial charge in [-0.2, -0.15) is 0 Å². The lowest BCUT2D eigenvalue weighted by atomic mass is 9.83. The number of hydrogen-bond donors (Lipinski definition) is 4. The average molecular weight is 877 g/mol. The smallest absolute Gasteiger partial charge is 0.407 e. The second-order valence-corrected chi connectivity index (χ2v) is 18.2. The first-order valence-corrected chi connectivity index (χ1v) is 23.0. The predicted octanol–water partition coefficient (Wildman–Crippen LogP) is 6.50. The van der Waals surface area contributed by atoms with Crippen LogP contribution in [0.5, 0.6) is 0 Å². The third-order valence-corrected chi connectivity index (χ3v) is 14.3. The number of ether oxygens (including phenoxy) is 4. The van der Waals surface area contributed by atoms with Crippen LogP contribution in [0.3, 0.4) is 0 Å². The summed E-state index contributed by atoms with van der Waals surface area (Å²) in [7, 11) is 2.63. The molecule has 4 amide bonds. The third kappa shape index (κ3) is 8.61. The van der Waals surface area contributed by atoms with Gasteiger partial charge in [0, 0.05) is 39.0 Å². The Bertz CT molecular complexity index is 2350. The summed E-state index contributed by atoms with van der Waals surface area (Å²) in [5, 5.41) is 5.69. The van der Waals surface area contributed by atoms with Crippen LogP contribution in [0.1, 0.15) is 93.7 Å². The highest BCUT2D eigenvalue weighted by Gasteiger charge is 2.46. The molecule has 2 aromatic carbocycles. The number of likely N-dealkylation sites (tertiary alicyclic amines) is 2. The van der Waals surface area contributed by atoms with Crippen molar-refractivity contribution >= 4 is 24.0 Å². The second-order valence-electron chi connectivity index (χ2n) is 18.2. The number of benzene rings is 2. The topological polar surface area (TPSA) is 193 Å². The van der Waals surface area contributed by atoms with Crippen LogP contribution in [0.2, 0.25) is 0 Å². The van der Waals surface area contributed by atoms with Gasteiger partial charge in [0.15, 0.2) is 0 Å². The van der Waals surface area contributed by atoms with Crippen molar-refractivity contribution in [2.75, 3.05) is 47.2 Å². The highest BCUT2D eigenvalue weighted by Crippen LogP contribution is 2.43. The van der Waals surface area contributed by atoms with E-state index in [2.05, 4.69) is 70.8 Å². The molecule has 1 aliphatic carbocycles. The molecule has 0 bridgehead atoms. The Morgan fingerprint density at radius 1 is 0.719 bits per heavy atom. The van der Waals surface area contributed by atoms with Gasteiger partial charge in [0.1, 0.15) is 23.7 Å². The van der Waals surface area contributed by atoms with Crippen LogP contribution in [-0.4, -0.2) is 119 Å². The zero-order chi connectivity index (χ0) is 44.5. The number of carbonyl (C=O) groups is 4. The monoisotopic (exact) mass is 876 g/mol. The SMILES string of the molecule is COC(=O)N[C@H](C(=O)N1CCC[C@H]1c1ncc(-c2ccc3c(c2)CCc2cc(-c4cnc([C@@H]5[C@@H](C)C[C@@H](C)N5C(=O)[C@@H](NC(=O)OC)C5CCOCC5)[nH]4)ccc2-3)[nH]1)C1CCOCC1. The molecule has 64 heavy (non-hydrogen) atoms. The minimum atomic E-state index is -0.711. The first-order chi connectivity index (χ1) is 31.1. The number of nitrogens with one attached hydrogen (secondary N) is 4. The first kappa shape index (κ1) is 43.5. The third-order valence-electron chi connectivity index (χ3n) is 14.3. The number of fused-ring (bicyclic) bond motifs is 3. The number of rotatable bonds is 10. The molecular formula is C48H60N8O8. The zero-order valence-corrected chi connectivity index (χ0v) is 37.2. The van der Waals surface area contributed by atoms with Gasteiger partial charge in [0.25, 0.3) is 0 Å². The van der Waals surface area contributed by atoms with Crippen molar-refractivity contribution in [2.45, 2.75) is 102 Å². The fourth-order valence-corrected chi connectivity index (χ4v) is 11.0. The van der Waals surface area contributed by atoms with Gasteiger partial charge in [0.2, 0.25) is 11.8 Å². The summed E-state index contributed by atoms with van der Waals surface area (Å²) < 4.78 is 20.9. The van der Waals surface area contributed by atoms with Crippen molar-refractivity contribution in [2.24, 2.45) is 17.8 Å². The zero-order valence-electron chi connectivity index (χ0n) is 37.2. The Morgan fingerprint density at radius 3 is 1.78 bits per heavy atom. The number of aromatic amines is 2. The number of amides is 4. The molecule has 5 aliphatic rings. The molecule has 4 aliphatic heterocycles. The molecular weight excluding hydrogens is 817 g/mol. The molecule has 6 atom stereocenters. The Hall–Kier alpha value is -5.74. The maximum Gasteiger partial charge on any atom is 0.407 e. The Morgan fingerprint density at radius 2 is 1.23 bits per heavy atom. The number of alkyl carbamates (subject to hydrolysis) is 2. The molecule has 0 unspecified atom stereocenters. The lowest BCUT2D eigenvalue weighted by molar-refractivity contribution is -0.139. The van der Waals surface area contributed by atoms with E-state index in [-0.39, 0.29) is 47.7 Å². The second kappa shape index (κ2) is 18.8. The molecule has 16 heteroatoms. The van der Waals surface area contributed by atoms with Crippen molar-refractivity contribution in [3.8, 4) is 33.6 Å². The predicted molar refractivity (Wildman–Crippen MR) is 237 cm³/mol. The van der Waals surface area contributed by atoms with E-state index >= 15 is 0 Å². The summed E-state index contributed by atoms with van der Waals surface area (Å²) in [4.78, 5) is 73.9. The lowest BCUT2D eigenvalue weighted by Crippen LogP contribution is -2.54. The number of imidazole rings is 2. The van der Waals surface area contributed by atoms with Crippen LogP contribution in [0, 0.1) is 17.8 Å². The average Bonchev–Trinajstić information content (AvgIpc) is 4.17. The van der Waals surface area contributed by atoms with Crippen molar-refractivity contribution in [3.63, 3.8) is 0 Å². The molecule has 0 spiro atoms. The van der Waals surface area contributed by atoms with Gasteiger partial charge in [0.05, 0.1) is 50.1 Å². The number of H-pyrrole nitrogens is 2. The molecule has 6 heterocycles. The van der Waals surface area contributed by atoms with Crippen LogP contribution in [0.4, 0.5) is 9.59 Å². The van der Waals surface area contributed by atoms with Crippen molar-refractivity contribution < 1.29 is 38.1 Å². The quantitative estimate of drug-likeness (QED) is 0.137. The van der Waals surface area contributed by atoms with Crippen molar-refractivity contribution in [1.82, 2.24) is 40.4 Å². The molecule has 4 fully saturated rings. The van der Waals surface area contributed by atoms with Crippen molar-refractivity contribution in [1.29, 1.82) is 0 Å². The molecule has 9 rings (SSSR count). The van der Waals surface area contributed by atoms with Gasteiger partial charge in [-0.3, -0.25) is 9.59 Å². The number of methoxy groups -OCH3 is 2. The minimum absolute atomic E-state index is 0.0281. The van der Waals surface area contributed by atoms with E-state index in [0.717, 1.165) is 66.3 Å². The van der Waals surface area contributed by atoms with E-state index in [1.807, 2.05) is 22.2 Å². The molecule has 2 aromatic heterocycles. The molecule has 4 N–H and O–H groups in total. The van der Waals surface area contributed by atoms with E-state index in [1.165, 1.54) is 36.5 Å². The van der Waals surface area contributed by atoms with E-state index in [4.69, 9.17) is 28.9 Å². The fourth-order valence-electron chi connectivity index (χ4n) is 11.0. The number of aryl methyl sites for hydroxylation is 2. The number of hydrogen-bond acceptors (Lipinski definition) is 10. The summed E-state index contributed by atoms with van der Waals surface area (Å²) in [6.45, 7) is 7.05. The Labute approximate surface area is 373 Å². The standard InChI is InChI=1S/C48H60N8O8/c1-27-22-28(2)56(46(58)41(54-48(60)62-4)30-15-20-64-21-16-30)42(27)44-50-26-38(52-44)34-10-12-36-32(24-34)8-7-31-23-33(9-11-35(31)36)37-25-49-43(51-37)39-6-5-17-55(39)45(57)40(53-47(59)61-3)29-13-18-63-19-14-29/h9-12,23-30,39-42H,5-8,13-22H2,1-4H3,(H,49,51)(H,50,52)(H,53,59)(H,54,60)/t27-,28+,39-,40-,41-,42-/m0/s1. The fraction of sp³-hybridized carbons (Fsp3) is 0.542. The summed E-state index contributed by atoms with van der Waals surface area (Å²) in [6, 6.07) is 11.2. The summed E-state index contributed by atoms with van der Waals surface area (Å²) >= 11 is 0. The highest BCUT2D eigenvalue weighted by molar-refractivity contribution is 5.88. The maximum atomic E-state index is 14.4. The summed E-state index contributed by atoms with van der Waals surface area (Å²) in [5.41, 5.74) is 8.79. The number of nitrogens with zero attached hydrogens (tertiary/aromatic N) is 4. The van der Waals surface area contributed by atoms with Gasteiger partial charge in [-0.25, -0.2) is 19.6 Å². The lowest BCUT2D eigenvalue weighted by Gasteiger charge is -2.36. The summed E-state index contributed by atoms with van der Waals surface area (Å²) in [5.74, 6) is 1.34. The van der Waals surface area contributed by atoms with Gasteiger partial charge < -0.3 is 49.3 Å². The van der Waals surface area contributed by atoms with E-state index < -0.39 is 24.3 Å².